The first-order valence-electron chi connectivity index (χ1n) is 11.6. The molecule has 0 radical (unpaired) electrons. The lowest BCUT2D eigenvalue weighted by atomic mass is 9.94. The minimum Gasteiger partial charge on any atom is -0.363 e. The van der Waals surface area contributed by atoms with Gasteiger partial charge in [0.15, 0.2) is 5.78 Å². The first kappa shape index (κ1) is 22.0. The van der Waals surface area contributed by atoms with E-state index in [0.29, 0.717) is 0 Å². The van der Waals surface area contributed by atoms with Gasteiger partial charge in [0.2, 0.25) is 0 Å². The molecular weight excluding hydrogens is 392 g/mol. The van der Waals surface area contributed by atoms with Crippen LogP contribution in [-0.4, -0.2) is 30.1 Å². The topological polar surface area (TPSA) is 32.7 Å². The molecule has 1 fully saturated rings. The first-order chi connectivity index (χ1) is 15.5. The van der Waals surface area contributed by atoms with Gasteiger partial charge in [-0.1, -0.05) is 54.6 Å². The summed E-state index contributed by atoms with van der Waals surface area (Å²) < 4.78 is 0. The van der Waals surface area contributed by atoms with Gasteiger partial charge in [-0.25, -0.2) is 4.99 Å². The molecule has 0 aromatic heterocycles. The van der Waals surface area contributed by atoms with Gasteiger partial charge >= 0.3 is 0 Å². The molecular formula is C29H32N2O. The Labute approximate surface area is 191 Å². The summed E-state index contributed by atoms with van der Waals surface area (Å²) in [4.78, 5) is 19.1. The Morgan fingerprint density at radius 3 is 2.38 bits per heavy atom. The third-order valence-corrected chi connectivity index (χ3v) is 6.37. The zero-order chi connectivity index (χ0) is 22.5. The van der Waals surface area contributed by atoms with E-state index in [4.69, 9.17) is 4.99 Å². The van der Waals surface area contributed by atoms with Crippen molar-refractivity contribution >= 4 is 17.8 Å². The van der Waals surface area contributed by atoms with E-state index in [0.717, 1.165) is 41.9 Å². The molecule has 3 aromatic rings. The third-order valence-electron chi connectivity index (χ3n) is 6.37. The number of piperidine rings is 1. The molecule has 32 heavy (non-hydrogen) atoms. The lowest BCUT2D eigenvalue weighted by molar-refractivity contribution is 0.101. The molecule has 0 unspecified atom stereocenters. The summed E-state index contributed by atoms with van der Waals surface area (Å²) in [7, 11) is 0. The van der Waals surface area contributed by atoms with Crippen LogP contribution in [0.15, 0.2) is 65.7 Å². The molecule has 3 heteroatoms. The quantitative estimate of drug-likeness (QED) is 0.245. The van der Waals surface area contributed by atoms with Gasteiger partial charge in [-0.2, -0.15) is 0 Å². The second kappa shape index (κ2) is 9.95. The van der Waals surface area contributed by atoms with E-state index in [-0.39, 0.29) is 5.78 Å². The van der Waals surface area contributed by atoms with Crippen LogP contribution in [-0.2, 0) is 6.42 Å². The molecule has 1 heterocycles. The van der Waals surface area contributed by atoms with Crippen molar-refractivity contribution in [2.75, 3.05) is 13.1 Å². The van der Waals surface area contributed by atoms with Crippen LogP contribution in [0.1, 0.15) is 58.8 Å². The standard InChI is InChI=1S/C29H32N2O/c1-21-18-29(30-20-31-15-7-4-8-16-31)22(2)17-26(21)19-24-11-13-25(14-12-24)28-10-6-5-9-27(28)23(3)32/h5-6,9-14,17-18,20H,4,7-8,15-16,19H2,1-3H3/b30-20+. The number of hydrogen-bond acceptors (Lipinski definition) is 2. The molecule has 0 saturated carbocycles. The van der Waals surface area contributed by atoms with Crippen molar-refractivity contribution in [2.24, 2.45) is 4.99 Å². The average molecular weight is 425 g/mol. The fourth-order valence-corrected chi connectivity index (χ4v) is 4.43. The Kier molecular flexibility index (Phi) is 6.84. The summed E-state index contributed by atoms with van der Waals surface area (Å²) in [6, 6.07) is 20.9. The van der Waals surface area contributed by atoms with Gasteiger partial charge < -0.3 is 4.90 Å². The van der Waals surface area contributed by atoms with Gasteiger partial charge in [-0.3, -0.25) is 4.79 Å². The normalized spacial score (nSPS) is 14.2. The largest absolute Gasteiger partial charge is 0.363 e. The molecule has 3 aromatic carbocycles. The van der Waals surface area contributed by atoms with Crippen molar-refractivity contribution in [3.8, 4) is 11.1 Å². The van der Waals surface area contributed by atoms with Crippen LogP contribution in [0.3, 0.4) is 0 Å². The van der Waals surface area contributed by atoms with Crippen LogP contribution in [0.4, 0.5) is 5.69 Å². The van der Waals surface area contributed by atoms with Gasteiger partial charge in [0.05, 0.1) is 12.0 Å². The molecule has 0 amide bonds. The number of nitrogens with zero attached hydrogens (tertiary/aromatic N) is 2. The second-order valence-corrected chi connectivity index (χ2v) is 8.88. The van der Waals surface area contributed by atoms with Crippen LogP contribution >= 0.6 is 0 Å². The van der Waals surface area contributed by atoms with Gasteiger partial charge in [-0.05, 0) is 85.9 Å². The highest BCUT2D eigenvalue weighted by Gasteiger charge is 2.10. The minimum absolute atomic E-state index is 0.0961. The highest BCUT2D eigenvalue weighted by atomic mass is 16.1. The Hall–Kier alpha value is -3.20. The number of carbonyl (C=O) groups is 1. The number of carbonyl (C=O) groups excluding carboxylic acids is 1. The molecule has 0 atom stereocenters. The molecule has 0 aliphatic carbocycles. The van der Waals surface area contributed by atoms with E-state index in [9.17, 15) is 4.79 Å². The maximum atomic E-state index is 12.0. The number of aryl methyl sites for hydroxylation is 2. The van der Waals surface area contributed by atoms with Crippen molar-refractivity contribution in [1.29, 1.82) is 0 Å². The van der Waals surface area contributed by atoms with E-state index >= 15 is 0 Å². The summed E-state index contributed by atoms with van der Waals surface area (Å²) >= 11 is 0. The van der Waals surface area contributed by atoms with Crippen LogP contribution in [0.5, 0.6) is 0 Å². The van der Waals surface area contributed by atoms with Crippen LogP contribution in [0.2, 0.25) is 0 Å². The summed E-state index contributed by atoms with van der Waals surface area (Å²) in [5.74, 6) is 0.0961. The number of hydrogen-bond donors (Lipinski definition) is 0. The number of likely N-dealkylation sites (tertiary alicyclic amines) is 1. The van der Waals surface area contributed by atoms with E-state index < -0.39 is 0 Å². The summed E-state index contributed by atoms with van der Waals surface area (Å²) in [6.07, 6.45) is 6.78. The van der Waals surface area contributed by atoms with Gasteiger partial charge in [0.1, 0.15) is 0 Å². The highest BCUT2D eigenvalue weighted by Crippen LogP contribution is 2.27. The summed E-state index contributed by atoms with van der Waals surface area (Å²) in [6.45, 7) is 8.18. The number of ketones is 1. The first-order valence-corrected chi connectivity index (χ1v) is 11.6. The van der Waals surface area contributed by atoms with Crippen molar-refractivity contribution in [3.63, 3.8) is 0 Å². The molecule has 0 bridgehead atoms. The van der Waals surface area contributed by atoms with Gasteiger partial charge in [0, 0.05) is 18.7 Å². The molecule has 3 nitrogen and oxygen atoms in total. The van der Waals surface area contributed by atoms with Gasteiger partial charge in [0.25, 0.3) is 0 Å². The fraction of sp³-hybridized carbons (Fsp3) is 0.310. The maximum Gasteiger partial charge on any atom is 0.160 e. The summed E-state index contributed by atoms with van der Waals surface area (Å²) in [5, 5.41) is 0. The van der Waals surface area contributed by atoms with E-state index in [1.54, 1.807) is 6.92 Å². The predicted molar refractivity (Wildman–Crippen MR) is 134 cm³/mol. The van der Waals surface area contributed by atoms with Crippen molar-refractivity contribution in [2.45, 2.75) is 46.5 Å². The van der Waals surface area contributed by atoms with Crippen molar-refractivity contribution in [3.05, 3.63) is 88.5 Å². The molecule has 1 saturated heterocycles. The minimum atomic E-state index is 0.0961. The van der Waals surface area contributed by atoms with E-state index in [1.165, 1.54) is 41.5 Å². The monoisotopic (exact) mass is 424 g/mol. The fourth-order valence-electron chi connectivity index (χ4n) is 4.43. The number of aliphatic imine (C=N–C) groups is 1. The van der Waals surface area contributed by atoms with Crippen LogP contribution in [0, 0.1) is 13.8 Å². The van der Waals surface area contributed by atoms with Crippen LogP contribution in [0.25, 0.3) is 11.1 Å². The zero-order valence-electron chi connectivity index (χ0n) is 19.4. The number of rotatable bonds is 6. The van der Waals surface area contributed by atoms with E-state index in [1.807, 2.05) is 30.6 Å². The Morgan fingerprint density at radius 1 is 0.938 bits per heavy atom. The second-order valence-electron chi connectivity index (χ2n) is 8.88. The summed E-state index contributed by atoms with van der Waals surface area (Å²) in [5.41, 5.74) is 8.99. The molecule has 1 aliphatic heterocycles. The van der Waals surface area contributed by atoms with E-state index in [2.05, 4.69) is 55.1 Å². The van der Waals surface area contributed by atoms with Crippen molar-refractivity contribution in [1.82, 2.24) is 4.90 Å². The predicted octanol–water partition coefficient (Wildman–Crippen LogP) is 6.91. The SMILES string of the molecule is CC(=O)c1ccccc1-c1ccc(Cc2cc(C)c(/N=C/N3CCCCC3)cc2C)cc1. The third kappa shape index (κ3) is 5.16. The molecule has 4 rings (SSSR count). The van der Waals surface area contributed by atoms with Gasteiger partial charge in [-0.15, -0.1) is 0 Å². The maximum absolute atomic E-state index is 12.0. The van der Waals surface area contributed by atoms with Crippen molar-refractivity contribution < 1.29 is 4.79 Å². The average Bonchev–Trinajstić information content (AvgIpc) is 2.81. The molecule has 164 valence electrons. The number of Topliss-reactive ketones (excluding diaryl/α,β-unsaturated/α-hetero) is 1. The smallest absolute Gasteiger partial charge is 0.160 e. The van der Waals surface area contributed by atoms with Crippen LogP contribution < -0.4 is 0 Å². The lowest BCUT2D eigenvalue weighted by Gasteiger charge is -2.24. The number of benzene rings is 3. The Bertz CT molecular complexity index is 1120. The highest BCUT2D eigenvalue weighted by molar-refractivity contribution is 6.00. The molecule has 0 spiro atoms. The molecule has 0 N–H and O–H groups in total. The zero-order valence-corrected chi connectivity index (χ0v) is 19.4. The molecule has 1 aliphatic rings. The Balaban J connectivity index is 1.50. The lowest BCUT2D eigenvalue weighted by Crippen LogP contribution is -2.28. The Morgan fingerprint density at radius 2 is 1.66 bits per heavy atom.